The first-order valence-corrected chi connectivity index (χ1v) is 13.9. The predicted octanol–water partition coefficient (Wildman–Crippen LogP) is 7.19. The van der Waals surface area contributed by atoms with Crippen LogP contribution in [0.15, 0.2) is 114 Å². The molecule has 3 aromatic carbocycles. The van der Waals surface area contributed by atoms with Gasteiger partial charge in [-0.15, -0.1) is 0 Å². The minimum Gasteiger partial charge on any atom is -0.494 e. The van der Waals surface area contributed by atoms with Gasteiger partial charge in [-0.2, -0.15) is 0 Å². The summed E-state index contributed by atoms with van der Waals surface area (Å²) < 4.78 is 13.1. The van der Waals surface area contributed by atoms with Crippen LogP contribution in [0.2, 0.25) is 5.04 Å². The highest BCUT2D eigenvalue weighted by Gasteiger charge is 2.50. The van der Waals surface area contributed by atoms with Gasteiger partial charge in [-0.3, -0.25) is 0 Å². The summed E-state index contributed by atoms with van der Waals surface area (Å²) in [6, 6.07) is 31.8. The minimum atomic E-state index is -2.58. The molecule has 0 spiro atoms. The quantitative estimate of drug-likeness (QED) is 0.187. The van der Waals surface area contributed by atoms with Gasteiger partial charge in [0.1, 0.15) is 6.10 Å². The Morgan fingerprint density at radius 2 is 1.26 bits per heavy atom. The lowest BCUT2D eigenvalue weighted by Crippen LogP contribution is -2.66. The highest BCUT2D eigenvalue weighted by atomic mass is 28.4. The fourth-order valence-electron chi connectivity index (χ4n) is 4.35. The summed E-state index contributed by atoms with van der Waals surface area (Å²) in [5.74, 6) is 0. The molecular weight excluding hydrogens is 432 g/mol. The van der Waals surface area contributed by atoms with Crippen LogP contribution in [0.3, 0.4) is 0 Å². The van der Waals surface area contributed by atoms with Gasteiger partial charge in [-0.1, -0.05) is 117 Å². The molecule has 178 valence electrons. The molecule has 0 aromatic heterocycles. The van der Waals surface area contributed by atoms with E-state index in [1.165, 1.54) is 15.9 Å². The van der Waals surface area contributed by atoms with Gasteiger partial charge >= 0.3 is 0 Å². The fourth-order valence-corrected chi connectivity index (χ4v) is 8.88. The summed E-state index contributed by atoms with van der Waals surface area (Å²) in [6.45, 7) is 13.8. The highest BCUT2D eigenvalue weighted by Crippen LogP contribution is 2.37. The zero-order valence-electron chi connectivity index (χ0n) is 21.4. The van der Waals surface area contributed by atoms with Crippen LogP contribution in [-0.4, -0.2) is 14.9 Å². The fraction of sp³-hybridized carbons (Fsp3) is 0.290. The number of benzene rings is 3. The number of hydrogen-bond donors (Lipinski definition) is 0. The van der Waals surface area contributed by atoms with Crippen LogP contribution < -0.4 is 10.4 Å². The van der Waals surface area contributed by atoms with Crippen LogP contribution in [0.4, 0.5) is 0 Å². The monoisotopic (exact) mass is 470 g/mol. The molecule has 0 saturated heterocycles. The van der Waals surface area contributed by atoms with Crippen LogP contribution in [0.1, 0.15) is 53.2 Å². The Kier molecular flexibility index (Phi) is 8.71. The Hall–Kier alpha value is -2.88. The first-order chi connectivity index (χ1) is 16.3. The van der Waals surface area contributed by atoms with E-state index >= 15 is 0 Å². The summed E-state index contributed by atoms with van der Waals surface area (Å²) >= 11 is 0. The van der Waals surface area contributed by atoms with E-state index in [0.29, 0.717) is 6.61 Å². The van der Waals surface area contributed by atoms with Gasteiger partial charge in [0.25, 0.3) is 8.32 Å². The summed E-state index contributed by atoms with van der Waals surface area (Å²) in [5.41, 5.74) is 3.54. The normalized spacial score (nSPS) is 13.0. The zero-order valence-corrected chi connectivity index (χ0v) is 22.4. The molecule has 3 rings (SSSR count). The molecule has 34 heavy (non-hydrogen) atoms. The number of ether oxygens (including phenoxy) is 1. The molecule has 3 aromatic rings. The van der Waals surface area contributed by atoms with E-state index in [-0.39, 0.29) is 11.1 Å². The van der Waals surface area contributed by atoms with Gasteiger partial charge in [0.05, 0.1) is 12.9 Å². The molecule has 0 aliphatic rings. The van der Waals surface area contributed by atoms with E-state index in [2.05, 4.69) is 120 Å². The van der Waals surface area contributed by atoms with Crippen molar-refractivity contribution in [1.82, 2.24) is 0 Å². The van der Waals surface area contributed by atoms with Crippen molar-refractivity contribution in [3.63, 3.8) is 0 Å². The van der Waals surface area contributed by atoms with Crippen LogP contribution in [0.5, 0.6) is 0 Å². The maximum atomic E-state index is 7.11. The summed E-state index contributed by atoms with van der Waals surface area (Å²) in [5, 5.41) is 2.53. The SMILES string of the molecule is CC(C)=C(/C=C/O[C@@H](C)c1ccccc1)CO[Si](c1ccccc1)(c1ccccc1)C(C)(C)C. The molecule has 1 atom stereocenters. The Morgan fingerprint density at radius 3 is 1.71 bits per heavy atom. The third kappa shape index (κ3) is 5.97. The second-order valence-electron chi connectivity index (χ2n) is 9.97. The van der Waals surface area contributed by atoms with E-state index in [0.717, 1.165) is 11.1 Å². The highest BCUT2D eigenvalue weighted by molar-refractivity contribution is 6.99. The van der Waals surface area contributed by atoms with E-state index in [4.69, 9.17) is 9.16 Å². The Labute approximate surface area is 207 Å². The standard InChI is InChI=1S/C31H38O2Si/c1-25(2)28(22-23-32-26(3)27-16-10-7-11-17-27)24-33-34(31(4,5)6,29-18-12-8-13-19-29)30-20-14-9-15-21-30/h7-23,26H,24H2,1-6H3/b23-22+/t26-/m0/s1. The lowest BCUT2D eigenvalue weighted by atomic mass is 10.1. The second-order valence-corrected chi connectivity index (χ2v) is 14.3. The van der Waals surface area contributed by atoms with Gasteiger partial charge in [0, 0.05) is 0 Å². The Morgan fingerprint density at radius 1 is 0.794 bits per heavy atom. The van der Waals surface area contributed by atoms with E-state index in [9.17, 15) is 0 Å². The van der Waals surface area contributed by atoms with Crippen LogP contribution in [0, 0.1) is 0 Å². The topological polar surface area (TPSA) is 18.5 Å². The van der Waals surface area contributed by atoms with Crippen molar-refractivity contribution in [2.75, 3.05) is 6.61 Å². The van der Waals surface area contributed by atoms with Crippen molar-refractivity contribution in [3.05, 3.63) is 120 Å². The molecule has 0 radical (unpaired) electrons. The first-order valence-electron chi connectivity index (χ1n) is 12.0. The first kappa shape index (κ1) is 25.7. The molecule has 3 heteroatoms. The van der Waals surface area contributed by atoms with Gasteiger partial charge in [-0.25, -0.2) is 0 Å². The van der Waals surface area contributed by atoms with Crippen molar-refractivity contribution in [3.8, 4) is 0 Å². The number of allylic oxidation sites excluding steroid dienone is 1. The van der Waals surface area contributed by atoms with Crippen molar-refractivity contribution in [1.29, 1.82) is 0 Å². The Bertz CT molecular complexity index is 1040. The maximum absolute atomic E-state index is 7.11. The molecule has 0 heterocycles. The molecule has 2 nitrogen and oxygen atoms in total. The molecule has 0 aliphatic carbocycles. The molecular formula is C31H38O2Si. The average molecular weight is 471 g/mol. The molecule has 0 aliphatic heterocycles. The molecule has 0 N–H and O–H groups in total. The van der Waals surface area contributed by atoms with E-state index < -0.39 is 8.32 Å². The minimum absolute atomic E-state index is 0.00606. The number of rotatable bonds is 9. The third-order valence-electron chi connectivity index (χ3n) is 6.32. The van der Waals surface area contributed by atoms with Gasteiger partial charge in [0.15, 0.2) is 0 Å². The smallest absolute Gasteiger partial charge is 0.261 e. The van der Waals surface area contributed by atoms with Crippen molar-refractivity contribution in [2.45, 2.75) is 52.7 Å². The third-order valence-corrected chi connectivity index (χ3v) is 11.3. The number of hydrogen-bond acceptors (Lipinski definition) is 2. The maximum Gasteiger partial charge on any atom is 0.261 e. The summed E-state index contributed by atoms with van der Waals surface area (Å²) in [4.78, 5) is 0. The van der Waals surface area contributed by atoms with Crippen LogP contribution >= 0.6 is 0 Å². The summed E-state index contributed by atoms with van der Waals surface area (Å²) in [6.07, 6.45) is 3.87. The molecule has 0 saturated carbocycles. The molecule has 0 bridgehead atoms. The second kappa shape index (κ2) is 11.5. The molecule has 0 unspecified atom stereocenters. The van der Waals surface area contributed by atoms with Crippen molar-refractivity contribution in [2.24, 2.45) is 0 Å². The largest absolute Gasteiger partial charge is 0.494 e. The predicted molar refractivity (Wildman–Crippen MR) is 147 cm³/mol. The molecule has 0 fully saturated rings. The lowest BCUT2D eigenvalue weighted by molar-refractivity contribution is 0.164. The molecule has 0 amide bonds. The lowest BCUT2D eigenvalue weighted by Gasteiger charge is -2.43. The van der Waals surface area contributed by atoms with Crippen LogP contribution in [0.25, 0.3) is 0 Å². The van der Waals surface area contributed by atoms with Gasteiger partial charge in [0.2, 0.25) is 0 Å². The van der Waals surface area contributed by atoms with Crippen LogP contribution in [-0.2, 0) is 9.16 Å². The zero-order chi connectivity index (χ0) is 24.6. The van der Waals surface area contributed by atoms with E-state index in [1.54, 1.807) is 0 Å². The van der Waals surface area contributed by atoms with Gasteiger partial charge in [-0.05, 0) is 53.4 Å². The van der Waals surface area contributed by atoms with E-state index in [1.807, 2.05) is 24.5 Å². The average Bonchev–Trinajstić information content (AvgIpc) is 2.84. The van der Waals surface area contributed by atoms with Crippen molar-refractivity contribution < 1.29 is 9.16 Å². The van der Waals surface area contributed by atoms with Crippen molar-refractivity contribution >= 4 is 18.7 Å². The Balaban J connectivity index is 1.89. The van der Waals surface area contributed by atoms with Gasteiger partial charge < -0.3 is 9.16 Å². The summed E-state index contributed by atoms with van der Waals surface area (Å²) in [7, 11) is -2.58.